The van der Waals surface area contributed by atoms with Crippen LogP contribution < -0.4 is 0 Å². The van der Waals surface area contributed by atoms with E-state index in [9.17, 15) is 4.79 Å². The molecule has 0 aliphatic carbocycles. The first-order chi connectivity index (χ1) is 7.20. The summed E-state index contributed by atoms with van der Waals surface area (Å²) >= 11 is 0. The minimum atomic E-state index is 0.628. The number of hydrogen-bond acceptors (Lipinski definition) is 2. The average Bonchev–Trinajstić information content (AvgIpc) is 2.59. The molecule has 0 N–H and O–H groups in total. The molecule has 2 aromatic rings. The van der Waals surface area contributed by atoms with E-state index in [1.807, 2.05) is 38.2 Å². The molecule has 0 radical (unpaired) electrons. The molecule has 15 heavy (non-hydrogen) atoms. The third-order valence-corrected chi connectivity index (χ3v) is 2.28. The van der Waals surface area contributed by atoms with Gasteiger partial charge < -0.3 is 0 Å². The number of benzene rings is 1. The van der Waals surface area contributed by atoms with Crippen LogP contribution in [-0.4, -0.2) is 16.1 Å². The van der Waals surface area contributed by atoms with Crippen LogP contribution in [0.5, 0.6) is 0 Å². The van der Waals surface area contributed by atoms with E-state index in [1.165, 1.54) is 0 Å². The summed E-state index contributed by atoms with van der Waals surface area (Å²) in [6.07, 6.45) is 2.56. The van der Waals surface area contributed by atoms with Gasteiger partial charge in [0.1, 0.15) is 5.69 Å². The highest BCUT2D eigenvalue weighted by Crippen LogP contribution is 2.21. The summed E-state index contributed by atoms with van der Waals surface area (Å²) in [5.41, 5.74) is 3.52. The number of carbonyl (C=O) groups is 1. The Bertz CT molecular complexity index is 500. The van der Waals surface area contributed by atoms with Crippen molar-refractivity contribution in [3.05, 3.63) is 41.6 Å². The Morgan fingerprint density at radius 1 is 1.40 bits per heavy atom. The normalized spacial score (nSPS) is 10.3. The van der Waals surface area contributed by atoms with Crippen LogP contribution in [-0.2, 0) is 7.05 Å². The van der Waals surface area contributed by atoms with Crippen LogP contribution in [0.4, 0.5) is 0 Å². The van der Waals surface area contributed by atoms with E-state index in [-0.39, 0.29) is 0 Å². The van der Waals surface area contributed by atoms with Crippen LogP contribution in [0.15, 0.2) is 30.5 Å². The van der Waals surface area contributed by atoms with Gasteiger partial charge in [-0.25, -0.2) is 0 Å². The Kier molecular flexibility index (Phi) is 2.37. The van der Waals surface area contributed by atoms with Gasteiger partial charge in [-0.05, 0) is 13.0 Å². The maximum absolute atomic E-state index is 10.8. The molecule has 0 unspecified atom stereocenters. The van der Waals surface area contributed by atoms with E-state index < -0.39 is 0 Å². The fourth-order valence-corrected chi connectivity index (χ4v) is 1.61. The third kappa shape index (κ3) is 1.81. The fraction of sp³-hybridized carbons (Fsp3) is 0.167. The molecule has 3 heteroatoms. The van der Waals surface area contributed by atoms with Crippen molar-refractivity contribution in [3.8, 4) is 11.3 Å². The molecule has 1 aromatic carbocycles. The Morgan fingerprint density at radius 2 is 2.20 bits per heavy atom. The number of carbonyl (C=O) groups excluding carboxylic acids is 1. The highest BCUT2D eigenvalue weighted by molar-refractivity contribution is 5.85. The van der Waals surface area contributed by atoms with Crippen molar-refractivity contribution >= 4 is 6.29 Å². The van der Waals surface area contributed by atoms with Crippen LogP contribution in [0.3, 0.4) is 0 Å². The van der Waals surface area contributed by atoms with Gasteiger partial charge in [-0.2, -0.15) is 5.10 Å². The van der Waals surface area contributed by atoms with Crippen molar-refractivity contribution in [1.82, 2.24) is 9.78 Å². The van der Waals surface area contributed by atoms with Gasteiger partial charge in [-0.3, -0.25) is 9.48 Å². The largest absolute Gasteiger partial charge is 0.298 e. The van der Waals surface area contributed by atoms with Crippen LogP contribution >= 0.6 is 0 Å². The number of aldehydes is 1. The van der Waals surface area contributed by atoms with Gasteiger partial charge in [0, 0.05) is 18.8 Å². The Labute approximate surface area is 88.4 Å². The second kappa shape index (κ2) is 3.69. The van der Waals surface area contributed by atoms with Crippen LogP contribution in [0.25, 0.3) is 11.3 Å². The first-order valence-electron chi connectivity index (χ1n) is 4.76. The van der Waals surface area contributed by atoms with Gasteiger partial charge in [0.25, 0.3) is 0 Å². The highest BCUT2D eigenvalue weighted by atomic mass is 16.1. The first kappa shape index (κ1) is 9.65. The van der Waals surface area contributed by atoms with E-state index in [1.54, 1.807) is 10.9 Å². The zero-order valence-electron chi connectivity index (χ0n) is 8.77. The molecule has 0 saturated carbocycles. The number of nitrogens with zero attached hydrogens (tertiary/aromatic N) is 2. The maximum atomic E-state index is 10.8. The van der Waals surface area contributed by atoms with Crippen molar-refractivity contribution in [3.63, 3.8) is 0 Å². The lowest BCUT2D eigenvalue weighted by molar-refractivity contribution is 0.112. The molecule has 76 valence electrons. The van der Waals surface area contributed by atoms with Gasteiger partial charge in [0.2, 0.25) is 0 Å². The molecule has 0 aliphatic heterocycles. The Balaban J connectivity index is 2.57. The smallest absolute Gasteiger partial charge is 0.153 e. The molecule has 0 bridgehead atoms. The number of aryl methyl sites for hydroxylation is 2. The standard InChI is InChI=1S/C12H12N2O/c1-9-4-3-5-10(6-9)12-11(8-15)7-14(2)13-12/h3-8H,1-2H3. The van der Waals surface area contributed by atoms with Crippen molar-refractivity contribution in [2.75, 3.05) is 0 Å². The second-order valence-corrected chi connectivity index (χ2v) is 3.59. The van der Waals surface area contributed by atoms with Gasteiger partial charge in [0.05, 0.1) is 5.56 Å². The zero-order valence-corrected chi connectivity index (χ0v) is 8.77. The minimum absolute atomic E-state index is 0.628. The van der Waals surface area contributed by atoms with Crippen molar-refractivity contribution < 1.29 is 4.79 Å². The Morgan fingerprint density at radius 3 is 2.87 bits per heavy atom. The monoisotopic (exact) mass is 200 g/mol. The topological polar surface area (TPSA) is 34.9 Å². The van der Waals surface area contributed by atoms with Crippen LogP contribution in [0.1, 0.15) is 15.9 Å². The third-order valence-electron chi connectivity index (χ3n) is 2.28. The molecule has 0 amide bonds. The molecule has 0 spiro atoms. The summed E-state index contributed by atoms with van der Waals surface area (Å²) in [6, 6.07) is 7.97. The fourth-order valence-electron chi connectivity index (χ4n) is 1.61. The molecule has 0 atom stereocenters. The van der Waals surface area contributed by atoms with Gasteiger partial charge in [-0.1, -0.05) is 23.8 Å². The minimum Gasteiger partial charge on any atom is -0.298 e. The van der Waals surface area contributed by atoms with Crippen molar-refractivity contribution in [2.24, 2.45) is 7.05 Å². The van der Waals surface area contributed by atoms with Gasteiger partial charge in [0.15, 0.2) is 6.29 Å². The molecule has 0 saturated heterocycles. The lowest BCUT2D eigenvalue weighted by Crippen LogP contribution is -1.88. The molecular weight excluding hydrogens is 188 g/mol. The lowest BCUT2D eigenvalue weighted by atomic mass is 10.1. The van der Waals surface area contributed by atoms with E-state index in [0.29, 0.717) is 5.56 Å². The predicted octanol–water partition coefficient (Wildman–Crippen LogP) is 2.21. The molecule has 0 aliphatic rings. The van der Waals surface area contributed by atoms with E-state index in [2.05, 4.69) is 5.10 Å². The number of aromatic nitrogens is 2. The summed E-state index contributed by atoms with van der Waals surface area (Å²) in [5.74, 6) is 0. The lowest BCUT2D eigenvalue weighted by Gasteiger charge is -1.99. The predicted molar refractivity (Wildman–Crippen MR) is 58.8 cm³/mol. The quantitative estimate of drug-likeness (QED) is 0.696. The molecule has 1 heterocycles. The molecule has 3 nitrogen and oxygen atoms in total. The van der Waals surface area contributed by atoms with E-state index >= 15 is 0 Å². The zero-order chi connectivity index (χ0) is 10.8. The summed E-state index contributed by atoms with van der Waals surface area (Å²) < 4.78 is 1.65. The summed E-state index contributed by atoms with van der Waals surface area (Å²) in [7, 11) is 1.81. The SMILES string of the molecule is Cc1cccc(-c2nn(C)cc2C=O)c1. The molecular formula is C12H12N2O. The van der Waals surface area contributed by atoms with Gasteiger partial charge in [-0.15, -0.1) is 0 Å². The van der Waals surface area contributed by atoms with E-state index in [0.717, 1.165) is 23.1 Å². The highest BCUT2D eigenvalue weighted by Gasteiger charge is 2.08. The number of rotatable bonds is 2. The van der Waals surface area contributed by atoms with Crippen LogP contribution in [0, 0.1) is 6.92 Å². The van der Waals surface area contributed by atoms with Crippen LogP contribution in [0.2, 0.25) is 0 Å². The van der Waals surface area contributed by atoms with Gasteiger partial charge >= 0.3 is 0 Å². The summed E-state index contributed by atoms with van der Waals surface area (Å²) in [4.78, 5) is 10.8. The second-order valence-electron chi connectivity index (χ2n) is 3.59. The first-order valence-corrected chi connectivity index (χ1v) is 4.76. The summed E-state index contributed by atoms with van der Waals surface area (Å²) in [6.45, 7) is 2.02. The summed E-state index contributed by atoms with van der Waals surface area (Å²) in [5, 5.41) is 4.28. The molecule has 1 aromatic heterocycles. The molecule has 2 rings (SSSR count). The van der Waals surface area contributed by atoms with Crippen molar-refractivity contribution in [1.29, 1.82) is 0 Å². The average molecular weight is 200 g/mol. The maximum Gasteiger partial charge on any atom is 0.153 e. The molecule has 0 fully saturated rings. The Hall–Kier alpha value is -1.90. The van der Waals surface area contributed by atoms with Crippen molar-refractivity contribution in [2.45, 2.75) is 6.92 Å². The van der Waals surface area contributed by atoms with E-state index in [4.69, 9.17) is 0 Å². The number of hydrogen-bond donors (Lipinski definition) is 0.